The first kappa shape index (κ1) is 24.4. The molecule has 1 N–H and O–H groups in total. The second-order valence-corrected chi connectivity index (χ2v) is 10.2. The van der Waals surface area contributed by atoms with Gasteiger partial charge in [0.1, 0.15) is 0 Å². The molecule has 9 nitrogen and oxygen atoms in total. The van der Waals surface area contributed by atoms with Crippen molar-refractivity contribution in [3.8, 4) is 11.5 Å². The SMILES string of the molecule is COc1cc(S(=O)(=O)N2CCOCC2)cc(C(=O)NCCCCc2nc(C)cs2)c1OC. The minimum absolute atomic E-state index is 0.0126. The number of benzene rings is 1. The summed E-state index contributed by atoms with van der Waals surface area (Å²) in [6, 6.07) is 2.73. The molecule has 1 saturated heterocycles. The Balaban J connectivity index is 1.72. The van der Waals surface area contributed by atoms with Gasteiger partial charge in [-0.2, -0.15) is 4.31 Å². The van der Waals surface area contributed by atoms with E-state index in [-0.39, 0.29) is 35.0 Å². The van der Waals surface area contributed by atoms with Crippen LogP contribution in [0.4, 0.5) is 0 Å². The Hall–Kier alpha value is -2.21. The van der Waals surface area contributed by atoms with Crippen molar-refractivity contribution >= 4 is 27.3 Å². The number of thiazole rings is 1. The topological polar surface area (TPSA) is 107 Å². The van der Waals surface area contributed by atoms with Gasteiger partial charge in [0.2, 0.25) is 10.0 Å². The molecule has 1 aliphatic heterocycles. The molecule has 3 rings (SSSR count). The molecule has 11 heteroatoms. The van der Waals surface area contributed by atoms with Crippen molar-refractivity contribution in [3.63, 3.8) is 0 Å². The van der Waals surface area contributed by atoms with Crippen molar-refractivity contribution in [2.45, 2.75) is 31.1 Å². The Labute approximate surface area is 192 Å². The molecule has 0 radical (unpaired) electrons. The summed E-state index contributed by atoms with van der Waals surface area (Å²) in [5, 5.41) is 5.96. The van der Waals surface area contributed by atoms with Crippen LogP contribution in [0, 0.1) is 6.92 Å². The maximum Gasteiger partial charge on any atom is 0.255 e. The number of hydrogen-bond acceptors (Lipinski definition) is 8. The van der Waals surface area contributed by atoms with Crippen LogP contribution >= 0.6 is 11.3 Å². The fourth-order valence-electron chi connectivity index (χ4n) is 3.41. The van der Waals surface area contributed by atoms with E-state index in [2.05, 4.69) is 10.3 Å². The molecule has 0 bridgehead atoms. The lowest BCUT2D eigenvalue weighted by Crippen LogP contribution is -2.40. The molecule has 0 saturated carbocycles. The van der Waals surface area contributed by atoms with Crippen LogP contribution in [0.2, 0.25) is 0 Å². The molecule has 1 aliphatic rings. The number of nitrogens with one attached hydrogen (secondary N) is 1. The Morgan fingerprint density at radius 1 is 1.22 bits per heavy atom. The third-order valence-corrected chi connectivity index (χ3v) is 7.98. The highest BCUT2D eigenvalue weighted by Crippen LogP contribution is 2.35. The van der Waals surface area contributed by atoms with E-state index >= 15 is 0 Å². The van der Waals surface area contributed by atoms with E-state index in [1.54, 1.807) is 11.3 Å². The quantitative estimate of drug-likeness (QED) is 0.517. The van der Waals surface area contributed by atoms with Crippen LogP contribution < -0.4 is 14.8 Å². The van der Waals surface area contributed by atoms with Crippen molar-refractivity contribution in [1.29, 1.82) is 0 Å². The summed E-state index contributed by atoms with van der Waals surface area (Å²) in [4.78, 5) is 17.3. The van der Waals surface area contributed by atoms with E-state index in [4.69, 9.17) is 14.2 Å². The van der Waals surface area contributed by atoms with E-state index in [0.29, 0.717) is 19.8 Å². The highest BCUT2D eigenvalue weighted by Gasteiger charge is 2.30. The largest absolute Gasteiger partial charge is 0.493 e. The average Bonchev–Trinajstić information content (AvgIpc) is 3.23. The second-order valence-electron chi connectivity index (χ2n) is 7.32. The number of rotatable bonds is 10. The standard InChI is InChI=1S/C21H29N3O6S2/c1-15-14-31-19(23-15)6-4-5-7-22-21(25)17-12-16(13-18(28-2)20(17)29-3)32(26,27)24-8-10-30-11-9-24/h12-14H,4-11H2,1-3H3,(H,22,25). The number of hydrogen-bond donors (Lipinski definition) is 1. The van der Waals surface area contributed by atoms with Gasteiger partial charge in [-0.05, 0) is 32.3 Å². The van der Waals surface area contributed by atoms with Crippen molar-refractivity contribution in [2.75, 3.05) is 47.1 Å². The van der Waals surface area contributed by atoms with Gasteiger partial charge in [0, 0.05) is 36.8 Å². The Kier molecular flexibility index (Phi) is 8.46. The number of carbonyl (C=O) groups is 1. The zero-order valence-corrected chi connectivity index (χ0v) is 20.2. The summed E-state index contributed by atoms with van der Waals surface area (Å²) in [5.74, 6) is -0.0282. The number of aromatic nitrogens is 1. The zero-order chi connectivity index (χ0) is 23.1. The molecule has 1 amide bonds. The van der Waals surface area contributed by atoms with Gasteiger partial charge in [0.15, 0.2) is 11.5 Å². The average molecular weight is 484 g/mol. The lowest BCUT2D eigenvalue weighted by molar-refractivity contribution is 0.0730. The molecule has 0 aliphatic carbocycles. The van der Waals surface area contributed by atoms with Crippen LogP contribution in [-0.2, 0) is 21.2 Å². The van der Waals surface area contributed by atoms with Crippen molar-refractivity contribution in [3.05, 3.63) is 33.8 Å². The third kappa shape index (κ3) is 5.77. The van der Waals surface area contributed by atoms with E-state index in [0.717, 1.165) is 30.0 Å². The van der Waals surface area contributed by atoms with Crippen molar-refractivity contribution in [1.82, 2.24) is 14.6 Å². The van der Waals surface area contributed by atoms with E-state index in [1.165, 1.54) is 30.7 Å². The molecule has 0 unspecified atom stereocenters. The van der Waals surface area contributed by atoms with Crippen molar-refractivity contribution < 1.29 is 27.4 Å². The first-order valence-corrected chi connectivity index (χ1v) is 12.7. The second kappa shape index (κ2) is 11.1. The normalized spacial score (nSPS) is 14.8. The van der Waals surface area contributed by atoms with Gasteiger partial charge < -0.3 is 19.5 Å². The molecule has 0 spiro atoms. The summed E-state index contributed by atoms with van der Waals surface area (Å²) >= 11 is 1.64. The van der Waals surface area contributed by atoms with Crippen LogP contribution in [0.1, 0.15) is 33.9 Å². The Bertz CT molecular complexity index is 1030. The fourth-order valence-corrected chi connectivity index (χ4v) is 5.68. The molecule has 1 fully saturated rings. The van der Waals surface area contributed by atoms with Crippen molar-refractivity contribution in [2.24, 2.45) is 0 Å². The van der Waals surface area contributed by atoms with Gasteiger partial charge in [-0.25, -0.2) is 13.4 Å². The van der Waals surface area contributed by atoms with Crippen LogP contribution in [-0.4, -0.2) is 70.7 Å². The van der Waals surface area contributed by atoms with Gasteiger partial charge in [0.25, 0.3) is 5.91 Å². The van der Waals surface area contributed by atoms with E-state index in [9.17, 15) is 13.2 Å². The summed E-state index contributed by atoms with van der Waals surface area (Å²) in [5.41, 5.74) is 1.14. The monoisotopic (exact) mass is 483 g/mol. The van der Waals surface area contributed by atoms with Gasteiger partial charge in [-0.3, -0.25) is 4.79 Å². The Morgan fingerprint density at radius 2 is 1.97 bits per heavy atom. The molecular formula is C21H29N3O6S2. The van der Waals surface area contributed by atoms with Gasteiger partial charge in [-0.15, -0.1) is 11.3 Å². The number of unbranched alkanes of at least 4 members (excludes halogenated alkanes) is 1. The number of ether oxygens (including phenoxy) is 3. The minimum atomic E-state index is -3.80. The number of morpholine rings is 1. The molecule has 1 aromatic heterocycles. The molecule has 2 heterocycles. The smallest absolute Gasteiger partial charge is 0.255 e. The molecule has 32 heavy (non-hydrogen) atoms. The minimum Gasteiger partial charge on any atom is -0.493 e. The highest BCUT2D eigenvalue weighted by molar-refractivity contribution is 7.89. The van der Waals surface area contributed by atoms with Gasteiger partial charge in [-0.1, -0.05) is 0 Å². The summed E-state index contributed by atoms with van der Waals surface area (Å²) in [7, 11) is -0.976. The lowest BCUT2D eigenvalue weighted by Gasteiger charge is -2.26. The first-order chi connectivity index (χ1) is 15.4. The zero-order valence-electron chi connectivity index (χ0n) is 18.5. The van der Waals surface area contributed by atoms with Crippen LogP contribution in [0.5, 0.6) is 11.5 Å². The number of sulfonamides is 1. The van der Waals surface area contributed by atoms with Gasteiger partial charge in [0.05, 0.1) is 42.9 Å². The molecule has 1 aromatic carbocycles. The fraction of sp³-hybridized carbons (Fsp3) is 0.524. The predicted molar refractivity (Wildman–Crippen MR) is 121 cm³/mol. The summed E-state index contributed by atoms with van der Waals surface area (Å²) in [6.45, 7) is 3.61. The maximum atomic E-state index is 13.1. The van der Waals surface area contributed by atoms with E-state index in [1.807, 2.05) is 12.3 Å². The highest BCUT2D eigenvalue weighted by atomic mass is 32.2. The third-order valence-electron chi connectivity index (χ3n) is 5.07. The van der Waals surface area contributed by atoms with Gasteiger partial charge >= 0.3 is 0 Å². The number of aryl methyl sites for hydroxylation is 2. The number of methoxy groups -OCH3 is 2. The molecule has 176 valence electrons. The summed E-state index contributed by atoms with van der Waals surface area (Å²) < 4.78 is 43.5. The van der Waals surface area contributed by atoms with Crippen LogP contribution in [0.25, 0.3) is 0 Å². The Morgan fingerprint density at radius 3 is 2.59 bits per heavy atom. The van der Waals surface area contributed by atoms with Crippen LogP contribution in [0.15, 0.2) is 22.4 Å². The first-order valence-electron chi connectivity index (χ1n) is 10.4. The number of nitrogens with zero attached hydrogens (tertiary/aromatic N) is 2. The van der Waals surface area contributed by atoms with E-state index < -0.39 is 15.9 Å². The molecule has 2 aromatic rings. The predicted octanol–water partition coefficient (Wildman–Crippen LogP) is 2.24. The molecule has 0 atom stereocenters. The maximum absolute atomic E-state index is 13.1. The summed E-state index contributed by atoms with van der Waals surface area (Å²) in [6.07, 6.45) is 2.52. The lowest BCUT2D eigenvalue weighted by atomic mass is 10.1. The molecular weight excluding hydrogens is 454 g/mol. The number of amides is 1. The number of carbonyl (C=O) groups excluding carboxylic acids is 1. The van der Waals surface area contributed by atoms with Crippen LogP contribution in [0.3, 0.4) is 0 Å².